The number of nitrogens with zero attached hydrogens (tertiary/aromatic N) is 2. The Morgan fingerprint density at radius 3 is 2.71 bits per heavy atom. The molecule has 1 amide bonds. The molecule has 24 heavy (non-hydrogen) atoms. The van der Waals surface area contributed by atoms with Gasteiger partial charge in [-0.15, -0.1) is 0 Å². The summed E-state index contributed by atoms with van der Waals surface area (Å²) in [6, 6.07) is 1.85. The molecule has 2 fully saturated rings. The van der Waals surface area contributed by atoms with Gasteiger partial charge in [0, 0.05) is 42.5 Å². The van der Waals surface area contributed by atoms with E-state index in [1.807, 2.05) is 12.3 Å². The maximum atomic E-state index is 11.5. The Morgan fingerprint density at radius 2 is 2.04 bits per heavy atom. The fourth-order valence-corrected chi connectivity index (χ4v) is 3.68. The third-order valence-corrected chi connectivity index (χ3v) is 5.38. The molecule has 0 saturated carbocycles. The number of piperidine rings is 1. The Labute approximate surface area is 147 Å². The molecule has 2 aliphatic rings. The number of carboxylic acid groups (broad SMARTS) is 1. The second-order valence-corrected chi connectivity index (χ2v) is 6.86. The van der Waals surface area contributed by atoms with Gasteiger partial charge in [0.2, 0.25) is 5.91 Å². The first-order chi connectivity index (χ1) is 11.6. The summed E-state index contributed by atoms with van der Waals surface area (Å²) in [7, 11) is 0. The molecule has 0 unspecified atom stereocenters. The maximum absolute atomic E-state index is 11.5. The first-order valence-electron chi connectivity index (χ1n) is 8.24. The first kappa shape index (κ1) is 18.7. The Kier molecular flexibility index (Phi) is 6.99. The molecule has 1 aromatic heterocycles. The zero-order valence-electron chi connectivity index (χ0n) is 13.7. The van der Waals surface area contributed by atoms with Crippen molar-refractivity contribution >= 4 is 24.0 Å². The lowest BCUT2D eigenvalue weighted by molar-refractivity contribution is -0.123. The van der Waals surface area contributed by atoms with Gasteiger partial charge in [-0.25, -0.2) is 0 Å². The smallest absolute Gasteiger partial charge is 0.290 e. The molecule has 0 radical (unpaired) electrons. The molecule has 2 saturated heterocycles. The number of hydrogen-bond donors (Lipinski definition) is 2. The van der Waals surface area contributed by atoms with Crippen molar-refractivity contribution in [3.63, 3.8) is 0 Å². The third-order valence-electron chi connectivity index (χ3n) is 5.01. The van der Waals surface area contributed by atoms with E-state index in [0.717, 1.165) is 49.6 Å². The van der Waals surface area contributed by atoms with Crippen LogP contribution in [0.3, 0.4) is 0 Å². The number of hydrogen-bond acceptors (Lipinski definition) is 4. The van der Waals surface area contributed by atoms with E-state index >= 15 is 0 Å². The molecule has 7 heteroatoms. The van der Waals surface area contributed by atoms with Crippen LogP contribution < -0.4 is 5.32 Å². The average molecular weight is 354 g/mol. The number of amides is 1. The average Bonchev–Trinajstić information content (AvgIpc) is 2.75. The van der Waals surface area contributed by atoms with Gasteiger partial charge in [0.15, 0.2) is 0 Å². The molecule has 0 atom stereocenters. The highest BCUT2D eigenvalue weighted by Gasteiger charge is 2.36. The standard InChI is InChI=1S/C16H22ClN3O.CH2O2/c17-14-2-7-18-11-13(14)12-20-9-5-16(6-10-20)3-1-15(21)19-8-4-16;2-1-3/h2,7,11H,1,3-6,8-10,12H2,(H,19,21);1H,(H,2,3). The highest BCUT2D eigenvalue weighted by Crippen LogP contribution is 2.40. The predicted molar refractivity (Wildman–Crippen MR) is 91.7 cm³/mol. The van der Waals surface area contributed by atoms with Crippen molar-refractivity contribution in [2.45, 2.75) is 38.6 Å². The molecule has 132 valence electrons. The number of pyridine rings is 1. The quantitative estimate of drug-likeness (QED) is 0.797. The monoisotopic (exact) mass is 353 g/mol. The number of rotatable bonds is 2. The second-order valence-electron chi connectivity index (χ2n) is 6.45. The molecule has 6 nitrogen and oxygen atoms in total. The fraction of sp³-hybridized carbons (Fsp3) is 0.588. The largest absolute Gasteiger partial charge is 0.483 e. The van der Waals surface area contributed by atoms with E-state index in [1.54, 1.807) is 6.20 Å². The Hall–Kier alpha value is -1.66. The van der Waals surface area contributed by atoms with E-state index in [2.05, 4.69) is 15.2 Å². The summed E-state index contributed by atoms with van der Waals surface area (Å²) in [5.41, 5.74) is 1.47. The van der Waals surface area contributed by atoms with Crippen molar-refractivity contribution in [3.05, 3.63) is 29.0 Å². The first-order valence-corrected chi connectivity index (χ1v) is 8.62. The van der Waals surface area contributed by atoms with E-state index in [4.69, 9.17) is 21.5 Å². The zero-order chi connectivity index (χ0) is 17.4. The Balaban J connectivity index is 0.000000647. The van der Waals surface area contributed by atoms with E-state index in [-0.39, 0.29) is 12.4 Å². The third kappa shape index (κ3) is 5.18. The summed E-state index contributed by atoms with van der Waals surface area (Å²) in [6.45, 7) is 3.63. The van der Waals surface area contributed by atoms with Gasteiger partial charge in [0.1, 0.15) is 0 Å². The molecule has 0 bridgehead atoms. The Morgan fingerprint density at radius 1 is 1.33 bits per heavy atom. The molecular formula is C17H24ClN3O3. The minimum Gasteiger partial charge on any atom is -0.483 e. The van der Waals surface area contributed by atoms with Gasteiger partial charge in [-0.2, -0.15) is 0 Å². The lowest BCUT2D eigenvalue weighted by atomic mass is 9.73. The Bertz CT molecular complexity index is 560. The van der Waals surface area contributed by atoms with Crippen molar-refractivity contribution in [2.24, 2.45) is 5.41 Å². The van der Waals surface area contributed by atoms with E-state index < -0.39 is 0 Å². The van der Waals surface area contributed by atoms with Gasteiger partial charge in [-0.05, 0) is 50.3 Å². The van der Waals surface area contributed by atoms with Gasteiger partial charge in [0.25, 0.3) is 6.47 Å². The van der Waals surface area contributed by atoms with Crippen molar-refractivity contribution in [2.75, 3.05) is 19.6 Å². The van der Waals surface area contributed by atoms with Crippen LogP contribution in [0.1, 0.15) is 37.7 Å². The summed E-state index contributed by atoms with van der Waals surface area (Å²) in [5.74, 6) is 0.219. The predicted octanol–water partition coefficient (Wildman–Crippen LogP) is 2.32. The number of likely N-dealkylation sites (tertiary alicyclic amines) is 1. The van der Waals surface area contributed by atoms with Crippen molar-refractivity contribution in [3.8, 4) is 0 Å². The number of carbonyl (C=O) groups excluding carboxylic acids is 1. The van der Waals surface area contributed by atoms with Gasteiger partial charge >= 0.3 is 0 Å². The summed E-state index contributed by atoms with van der Waals surface area (Å²) in [6.07, 6.45) is 8.81. The van der Waals surface area contributed by atoms with Crippen LogP contribution in [0, 0.1) is 5.41 Å². The number of aromatic nitrogens is 1. The molecule has 2 aliphatic heterocycles. The van der Waals surface area contributed by atoms with E-state index in [1.165, 1.54) is 12.8 Å². The van der Waals surface area contributed by atoms with Crippen LogP contribution in [-0.4, -0.2) is 47.0 Å². The topological polar surface area (TPSA) is 82.5 Å². The highest BCUT2D eigenvalue weighted by molar-refractivity contribution is 6.31. The maximum Gasteiger partial charge on any atom is 0.290 e. The lowest BCUT2D eigenvalue weighted by Gasteiger charge is -2.41. The van der Waals surface area contributed by atoms with Crippen LogP contribution in [-0.2, 0) is 16.1 Å². The lowest BCUT2D eigenvalue weighted by Crippen LogP contribution is -2.40. The summed E-state index contributed by atoms with van der Waals surface area (Å²) < 4.78 is 0. The second kappa shape index (κ2) is 8.99. The summed E-state index contributed by atoms with van der Waals surface area (Å²) in [5, 5.41) is 10.7. The number of halogens is 1. The van der Waals surface area contributed by atoms with Gasteiger partial charge < -0.3 is 10.4 Å². The number of nitrogens with one attached hydrogen (secondary N) is 1. The molecule has 1 spiro atoms. The molecule has 3 rings (SSSR count). The summed E-state index contributed by atoms with van der Waals surface area (Å²) in [4.78, 5) is 26.5. The molecule has 2 N–H and O–H groups in total. The molecule has 3 heterocycles. The normalized spacial score (nSPS) is 20.5. The number of carbonyl (C=O) groups is 2. The van der Waals surface area contributed by atoms with Gasteiger partial charge in [-0.1, -0.05) is 11.6 Å². The van der Waals surface area contributed by atoms with Crippen LogP contribution >= 0.6 is 11.6 Å². The van der Waals surface area contributed by atoms with Gasteiger partial charge in [0.05, 0.1) is 0 Å². The van der Waals surface area contributed by atoms with Crippen molar-refractivity contribution in [1.82, 2.24) is 15.2 Å². The fourth-order valence-electron chi connectivity index (χ4n) is 3.51. The van der Waals surface area contributed by atoms with Crippen LogP contribution in [0.25, 0.3) is 0 Å². The SMILES string of the molecule is O=C1CCC2(CCN1)CCN(Cc1cnccc1Cl)CC2.O=CO. The highest BCUT2D eigenvalue weighted by atomic mass is 35.5. The van der Waals surface area contributed by atoms with Crippen LogP contribution in [0.4, 0.5) is 0 Å². The summed E-state index contributed by atoms with van der Waals surface area (Å²) >= 11 is 6.21. The van der Waals surface area contributed by atoms with E-state index in [0.29, 0.717) is 11.8 Å². The van der Waals surface area contributed by atoms with Crippen molar-refractivity contribution < 1.29 is 14.7 Å². The van der Waals surface area contributed by atoms with Gasteiger partial charge in [-0.3, -0.25) is 19.5 Å². The molecule has 1 aromatic rings. The van der Waals surface area contributed by atoms with Crippen LogP contribution in [0.2, 0.25) is 5.02 Å². The molecule has 0 aliphatic carbocycles. The van der Waals surface area contributed by atoms with Crippen molar-refractivity contribution in [1.29, 1.82) is 0 Å². The minimum atomic E-state index is -0.250. The molecule has 0 aromatic carbocycles. The van der Waals surface area contributed by atoms with Crippen LogP contribution in [0.15, 0.2) is 18.5 Å². The molecular weight excluding hydrogens is 330 g/mol. The van der Waals surface area contributed by atoms with Crippen LogP contribution in [0.5, 0.6) is 0 Å². The minimum absolute atomic E-state index is 0.219. The zero-order valence-corrected chi connectivity index (χ0v) is 14.5. The van der Waals surface area contributed by atoms with E-state index in [9.17, 15) is 4.79 Å².